The Labute approximate surface area is 104 Å². The van der Waals surface area contributed by atoms with Crippen molar-refractivity contribution in [1.29, 1.82) is 0 Å². The maximum absolute atomic E-state index is 11.9. The van der Waals surface area contributed by atoms with Crippen LogP contribution in [-0.4, -0.2) is 43.8 Å². The van der Waals surface area contributed by atoms with Crippen molar-refractivity contribution in [3.8, 4) is 0 Å². The second kappa shape index (κ2) is 5.71. The van der Waals surface area contributed by atoms with Gasteiger partial charge in [-0.3, -0.25) is 0 Å². The SMILES string of the molecule is CCCCOC(=O)N1CCC[C@@]2(CCNC2)C1. The Hall–Kier alpha value is -0.770. The summed E-state index contributed by atoms with van der Waals surface area (Å²) in [5.41, 5.74) is 0.335. The van der Waals surface area contributed by atoms with Gasteiger partial charge in [-0.1, -0.05) is 13.3 Å². The third-order valence-corrected chi connectivity index (χ3v) is 3.98. The van der Waals surface area contributed by atoms with Gasteiger partial charge in [-0.05, 0) is 32.2 Å². The van der Waals surface area contributed by atoms with Crippen LogP contribution < -0.4 is 5.32 Å². The van der Waals surface area contributed by atoms with Crippen molar-refractivity contribution in [2.75, 3.05) is 32.8 Å². The number of hydrogen-bond donors (Lipinski definition) is 1. The van der Waals surface area contributed by atoms with E-state index in [1.54, 1.807) is 0 Å². The van der Waals surface area contributed by atoms with E-state index >= 15 is 0 Å². The van der Waals surface area contributed by atoms with Crippen LogP contribution in [0.2, 0.25) is 0 Å². The minimum Gasteiger partial charge on any atom is -0.449 e. The number of likely N-dealkylation sites (tertiary alicyclic amines) is 1. The summed E-state index contributed by atoms with van der Waals surface area (Å²) in [6, 6.07) is 0. The molecule has 1 spiro atoms. The van der Waals surface area contributed by atoms with Crippen molar-refractivity contribution in [3.63, 3.8) is 0 Å². The summed E-state index contributed by atoms with van der Waals surface area (Å²) in [7, 11) is 0. The van der Waals surface area contributed by atoms with Crippen molar-refractivity contribution < 1.29 is 9.53 Å². The summed E-state index contributed by atoms with van der Waals surface area (Å²) in [6.07, 6.45) is 5.49. The first-order valence-electron chi connectivity index (χ1n) is 6.88. The van der Waals surface area contributed by atoms with E-state index in [1.807, 2.05) is 4.90 Å². The standard InChI is InChI=1S/C13H24N2O2/c1-2-3-9-17-12(16)15-8-4-5-13(11-15)6-7-14-10-13/h14H,2-11H2,1H3/t13-/m0/s1. The molecule has 2 fully saturated rings. The molecule has 17 heavy (non-hydrogen) atoms. The summed E-state index contributed by atoms with van der Waals surface area (Å²) < 4.78 is 5.29. The molecule has 0 aromatic carbocycles. The van der Waals surface area contributed by atoms with Crippen LogP contribution in [0.5, 0.6) is 0 Å². The first-order chi connectivity index (χ1) is 8.26. The number of ether oxygens (including phenoxy) is 1. The van der Waals surface area contributed by atoms with Crippen LogP contribution in [0.4, 0.5) is 4.79 Å². The number of rotatable bonds is 3. The van der Waals surface area contributed by atoms with Gasteiger partial charge in [-0.15, -0.1) is 0 Å². The molecule has 1 amide bonds. The highest BCUT2D eigenvalue weighted by Gasteiger charge is 2.39. The highest BCUT2D eigenvalue weighted by molar-refractivity contribution is 5.67. The molecule has 2 rings (SSSR count). The quantitative estimate of drug-likeness (QED) is 0.767. The molecule has 2 heterocycles. The number of nitrogens with one attached hydrogen (secondary N) is 1. The Kier molecular flexibility index (Phi) is 4.26. The first kappa shape index (κ1) is 12.7. The van der Waals surface area contributed by atoms with Crippen LogP contribution in [0.15, 0.2) is 0 Å². The molecule has 0 aliphatic carbocycles. The number of piperidine rings is 1. The Balaban J connectivity index is 1.82. The van der Waals surface area contributed by atoms with Crippen LogP contribution in [-0.2, 0) is 4.74 Å². The number of carbonyl (C=O) groups is 1. The van der Waals surface area contributed by atoms with Gasteiger partial charge in [0.2, 0.25) is 0 Å². The Morgan fingerprint density at radius 2 is 2.35 bits per heavy atom. The molecule has 4 heteroatoms. The van der Waals surface area contributed by atoms with Gasteiger partial charge in [-0.25, -0.2) is 4.79 Å². The highest BCUT2D eigenvalue weighted by Crippen LogP contribution is 2.35. The smallest absolute Gasteiger partial charge is 0.409 e. The normalized spacial score (nSPS) is 28.6. The predicted molar refractivity (Wildman–Crippen MR) is 67.0 cm³/mol. The molecule has 4 nitrogen and oxygen atoms in total. The Bertz CT molecular complexity index is 262. The molecule has 98 valence electrons. The minimum absolute atomic E-state index is 0.107. The zero-order chi connectivity index (χ0) is 12.1. The largest absolute Gasteiger partial charge is 0.449 e. The van der Waals surface area contributed by atoms with Gasteiger partial charge in [0, 0.05) is 25.0 Å². The molecule has 2 aliphatic rings. The molecular formula is C13H24N2O2. The fourth-order valence-electron chi connectivity index (χ4n) is 2.90. The lowest BCUT2D eigenvalue weighted by Crippen LogP contribution is -2.47. The molecule has 0 radical (unpaired) electrons. The van der Waals surface area contributed by atoms with Gasteiger partial charge in [0.15, 0.2) is 0 Å². The molecule has 2 aliphatic heterocycles. The van der Waals surface area contributed by atoms with E-state index in [0.29, 0.717) is 12.0 Å². The van der Waals surface area contributed by atoms with E-state index in [1.165, 1.54) is 12.8 Å². The number of carbonyl (C=O) groups excluding carboxylic acids is 1. The van der Waals surface area contributed by atoms with Crippen molar-refractivity contribution >= 4 is 6.09 Å². The topological polar surface area (TPSA) is 41.6 Å². The van der Waals surface area contributed by atoms with E-state index in [2.05, 4.69) is 12.2 Å². The Morgan fingerprint density at radius 1 is 1.47 bits per heavy atom. The molecule has 0 saturated carbocycles. The zero-order valence-corrected chi connectivity index (χ0v) is 10.8. The lowest BCUT2D eigenvalue weighted by Gasteiger charge is -2.39. The van der Waals surface area contributed by atoms with Gasteiger partial charge in [0.05, 0.1) is 6.61 Å². The van der Waals surface area contributed by atoms with E-state index in [9.17, 15) is 4.79 Å². The predicted octanol–water partition coefficient (Wildman–Crippen LogP) is 2.00. The summed E-state index contributed by atoms with van der Waals surface area (Å²) in [6.45, 7) is 6.58. The number of unbranched alkanes of at least 4 members (excludes halogenated alkanes) is 1. The fourth-order valence-corrected chi connectivity index (χ4v) is 2.90. The average Bonchev–Trinajstić information content (AvgIpc) is 2.77. The van der Waals surface area contributed by atoms with Crippen molar-refractivity contribution in [2.24, 2.45) is 5.41 Å². The van der Waals surface area contributed by atoms with E-state index < -0.39 is 0 Å². The average molecular weight is 240 g/mol. The summed E-state index contributed by atoms with van der Waals surface area (Å²) >= 11 is 0. The van der Waals surface area contributed by atoms with E-state index in [4.69, 9.17) is 4.74 Å². The lowest BCUT2D eigenvalue weighted by atomic mass is 9.79. The third kappa shape index (κ3) is 3.12. The van der Waals surface area contributed by atoms with E-state index in [0.717, 1.165) is 45.4 Å². The monoisotopic (exact) mass is 240 g/mol. The molecule has 0 unspecified atom stereocenters. The van der Waals surface area contributed by atoms with Gasteiger partial charge >= 0.3 is 6.09 Å². The maximum Gasteiger partial charge on any atom is 0.409 e. The Morgan fingerprint density at radius 3 is 3.06 bits per heavy atom. The molecule has 0 bridgehead atoms. The van der Waals surface area contributed by atoms with E-state index in [-0.39, 0.29) is 6.09 Å². The third-order valence-electron chi connectivity index (χ3n) is 3.98. The summed E-state index contributed by atoms with van der Waals surface area (Å²) in [4.78, 5) is 13.8. The van der Waals surface area contributed by atoms with Gasteiger partial charge < -0.3 is 15.0 Å². The highest BCUT2D eigenvalue weighted by atomic mass is 16.6. The van der Waals surface area contributed by atoms with Gasteiger partial charge in [0.1, 0.15) is 0 Å². The van der Waals surface area contributed by atoms with Crippen molar-refractivity contribution in [1.82, 2.24) is 10.2 Å². The molecule has 0 aromatic heterocycles. The molecule has 1 N–H and O–H groups in total. The lowest BCUT2D eigenvalue weighted by molar-refractivity contribution is 0.0611. The summed E-state index contributed by atoms with van der Waals surface area (Å²) in [5.74, 6) is 0. The molecule has 0 aromatic rings. The van der Waals surface area contributed by atoms with Crippen LogP contribution in [0.1, 0.15) is 39.0 Å². The zero-order valence-electron chi connectivity index (χ0n) is 10.8. The number of nitrogens with zero attached hydrogens (tertiary/aromatic N) is 1. The van der Waals surface area contributed by atoms with Crippen LogP contribution in [0.3, 0.4) is 0 Å². The van der Waals surface area contributed by atoms with Crippen molar-refractivity contribution in [2.45, 2.75) is 39.0 Å². The van der Waals surface area contributed by atoms with Gasteiger partial charge in [0.25, 0.3) is 0 Å². The fraction of sp³-hybridized carbons (Fsp3) is 0.923. The molecular weight excluding hydrogens is 216 g/mol. The first-order valence-corrected chi connectivity index (χ1v) is 6.88. The minimum atomic E-state index is -0.107. The van der Waals surface area contributed by atoms with Crippen LogP contribution in [0, 0.1) is 5.41 Å². The molecule has 1 atom stereocenters. The second-order valence-corrected chi connectivity index (χ2v) is 5.42. The molecule has 2 saturated heterocycles. The second-order valence-electron chi connectivity index (χ2n) is 5.42. The van der Waals surface area contributed by atoms with Crippen LogP contribution >= 0.6 is 0 Å². The number of amides is 1. The van der Waals surface area contributed by atoms with Crippen LogP contribution in [0.25, 0.3) is 0 Å². The number of hydrogen-bond acceptors (Lipinski definition) is 3. The maximum atomic E-state index is 11.9. The van der Waals surface area contributed by atoms with Crippen molar-refractivity contribution in [3.05, 3.63) is 0 Å². The summed E-state index contributed by atoms with van der Waals surface area (Å²) in [5, 5.41) is 3.42. The van der Waals surface area contributed by atoms with Gasteiger partial charge in [-0.2, -0.15) is 0 Å².